The zero-order chi connectivity index (χ0) is 16.9. The number of nitrogens with zero attached hydrogens (tertiary/aromatic N) is 3. The molecule has 3 rings (SSSR count). The molecule has 1 aliphatic heterocycles. The van der Waals surface area contributed by atoms with Crippen LogP contribution >= 0.6 is 0 Å². The molecular weight excluding hydrogens is 312 g/mol. The number of hydrazone groups is 1. The smallest absolute Gasteiger partial charge is 0.307 e. The molecule has 0 atom stereocenters. The monoisotopic (exact) mass is 328 g/mol. The SMILES string of the molecule is O=C(N/N=C/c1cc([N+](=O)[O-])ccc1N1CCCC1)c1ccco1. The Morgan fingerprint density at radius 1 is 1.33 bits per heavy atom. The highest BCUT2D eigenvalue weighted by molar-refractivity contribution is 5.93. The van der Waals surface area contributed by atoms with Gasteiger partial charge in [-0.2, -0.15) is 5.10 Å². The Morgan fingerprint density at radius 2 is 2.12 bits per heavy atom. The third kappa shape index (κ3) is 3.43. The number of rotatable bonds is 5. The molecule has 1 amide bonds. The summed E-state index contributed by atoms with van der Waals surface area (Å²) in [5, 5.41) is 14.9. The van der Waals surface area contributed by atoms with E-state index in [0.29, 0.717) is 5.56 Å². The molecule has 1 aromatic carbocycles. The Bertz CT molecular complexity index is 764. The third-order valence-electron chi connectivity index (χ3n) is 3.78. The number of hydrogen-bond donors (Lipinski definition) is 1. The highest BCUT2D eigenvalue weighted by atomic mass is 16.6. The first kappa shape index (κ1) is 15.7. The molecule has 1 aromatic heterocycles. The Kier molecular flexibility index (Phi) is 4.55. The van der Waals surface area contributed by atoms with Crippen molar-refractivity contribution in [3.8, 4) is 0 Å². The molecule has 2 aromatic rings. The zero-order valence-corrected chi connectivity index (χ0v) is 12.8. The number of furan rings is 1. The number of hydrogen-bond acceptors (Lipinski definition) is 6. The summed E-state index contributed by atoms with van der Waals surface area (Å²) in [6.45, 7) is 1.80. The Balaban J connectivity index is 1.81. The Labute approximate surface area is 137 Å². The van der Waals surface area contributed by atoms with E-state index >= 15 is 0 Å². The Hall–Kier alpha value is -3.16. The predicted octanol–water partition coefficient (Wildman–Crippen LogP) is 2.55. The van der Waals surface area contributed by atoms with E-state index in [9.17, 15) is 14.9 Å². The van der Waals surface area contributed by atoms with Gasteiger partial charge in [-0.1, -0.05) is 0 Å². The van der Waals surface area contributed by atoms with Crippen molar-refractivity contribution in [3.05, 3.63) is 58.0 Å². The van der Waals surface area contributed by atoms with Gasteiger partial charge in [-0.25, -0.2) is 5.43 Å². The highest BCUT2D eigenvalue weighted by Gasteiger charge is 2.18. The molecule has 1 N–H and O–H groups in total. The minimum absolute atomic E-state index is 0.0169. The van der Waals surface area contributed by atoms with Crippen LogP contribution in [0.3, 0.4) is 0 Å². The largest absolute Gasteiger partial charge is 0.459 e. The molecule has 1 aliphatic rings. The van der Waals surface area contributed by atoms with Gasteiger partial charge in [0.15, 0.2) is 5.76 Å². The summed E-state index contributed by atoms with van der Waals surface area (Å²) in [5.41, 5.74) is 3.79. The van der Waals surface area contributed by atoms with Crippen LogP contribution < -0.4 is 10.3 Å². The highest BCUT2D eigenvalue weighted by Crippen LogP contribution is 2.27. The standard InChI is InChI=1S/C16H16N4O4/c21-16(15-4-3-9-24-15)18-17-11-12-10-13(20(22)23)5-6-14(12)19-7-1-2-8-19/h3-6,9-11H,1-2,7-8H2,(H,18,21)/b17-11+. The van der Waals surface area contributed by atoms with E-state index in [4.69, 9.17) is 4.42 Å². The summed E-state index contributed by atoms with van der Waals surface area (Å²) in [6, 6.07) is 7.78. The van der Waals surface area contributed by atoms with E-state index in [1.165, 1.54) is 30.7 Å². The van der Waals surface area contributed by atoms with Crippen LogP contribution in [0.4, 0.5) is 11.4 Å². The molecule has 8 heteroatoms. The number of amides is 1. The second kappa shape index (κ2) is 6.95. The summed E-state index contributed by atoms with van der Waals surface area (Å²) in [4.78, 5) is 24.5. The molecule has 8 nitrogen and oxygen atoms in total. The van der Waals surface area contributed by atoms with Gasteiger partial charge in [-0.15, -0.1) is 0 Å². The number of nitrogens with one attached hydrogen (secondary N) is 1. The van der Waals surface area contributed by atoms with Crippen molar-refractivity contribution < 1.29 is 14.1 Å². The van der Waals surface area contributed by atoms with E-state index in [2.05, 4.69) is 15.4 Å². The fourth-order valence-corrected chi connectivity index (χ4v) is 2.63. The van der Waals surface area contributed by atoms with Gasteiger partial charge >= 0.3 is 5.91 Å². The van der Waals surface area contributed by atoms with Crippen LogP contribution in [0.1, 0.15) is 29.0 Å². The molecule has 0 spiro atoms. The molecule has 1 fully saturated rings. The topological polar surface area (TPSA) is 101 Å². The quantitative estimate of drug-likeness (QED) is 0.516. The lowest BCUT2D eigenvalue weighted by Gasteiger charge is -2.19. The minimum atomic E-state index is -0.482. The average molecular weight is 328 g/mol. The lowest BCUT2D eigenvalue weighted by Crippen LogP contribution is -2.20. The number of carbonyl (C=O) groups excluding carboxylic acids is 1. The lowest BCUT2D eigenvalue weighted by molar-refractivity contribution is -0.384. The van der Waals surface area contributed by atoms with Crippen molar-refractivity contribution in [2.45, 2.75) is 12.8 Å². The van der Waals surface area contributed by atoms with Crippen molar-refractivity contribution >= 4 is 23.5 Å². The van der Waals surface area contributed by atoms with Gasteiger partial charge in [0, 0.05) is 36.5 Å². The minimum Gasteiger partial charge on any atom is -0.459 e. The molecule has 124 valence electrons. The van der Waals surface area contributed by atoms with Crippen LogP contribution in [0.15, 0.2) is 46.1 Å². The zero-order valence-electron chi connectivity index (χ0n) is 12.8. The first-order valence-corrected chi connectivity index (χ1v) is 7.55. The lowest BCUT2D eigenvalue weighted by atomic mass is 10.1. The van der Waals surface area contributed by atoms with E-state index in [1.807, 2.05) is 0 Å². The average Bonchev–Trinajstić information content (AvgIpc) is 3.28. The summed E-state index contributed by atoms with van der Waals surface area (Å²) in [6.07, 6.45) is 4.98. The van der Waals surface area contributed by atoms with Crippen LogP contribution in [0, 0.1) is 10.1 Å². The molecule has 0 bridgehead atoms. The van der Waals surface area contributed by atoms with Gasteiger partial charge in [0.25, 0.3) is 5.69 Å². The van der Waals surface area contributed by atoms with Crippen molar-refractivity contribution in [3.63, 3.8) is 0 Å². The fourth-order valence-electron chi connectivity index (χ4n) is 2.63. The van der Waals surface area contributed by atoms with Crippen LogP contribution in [-0.4, -0.2) is 30.1 Å². The van der Waals surface area contributed by atoms with Gasteiger partial charge in [0.1, 0.15) is 0 Å². The van der Waals surface area contributed by atoms with E-state index < -0.39 is 10.8 Å². The van der Waals surface area contributed by atoms with E-state index in [-0.39, 0.29) is 11.4 Å². The number of benzene rings is 1. The van der Waals surface area contributed by atoms with Crippen molar-refractivity contribution in [1.82, 2.24) is 5.43 Å². The van der Waals surface area contributed by atoms with Crippen molar-refractivity contribution in [1.29, 1.82) is 0 Å². The number of anilines is 1. The van der Waals surface area contributed by atoms with Crippen molar-refractivity contribution in [2.75, 3.05) is 18.0 Å². The maximum atomic E-state index is 11.8. The number of nitro groups is 1. The maximum absolute atomic E-state index is 11.8. The van der Waals surface area contributed by atoms with E-state index in [0.717, 1.165) is 31.6 Å². The molecule has 24 heavy (non-hydrogen) atoms. The van der Waals surface area contributed by atoms with Crippen LogP contribution in [0.2, 0.25) is 0 Å². The molecule has 0 saturated carbocycles. The summed E-state index contributed by atoms with van der Waals surface area (Å²) in [7, 11) is 0. The molecule has 0 unspecified atom stereocenters. The number of carbonyl (C=O) groups is 1. The molecule has 1 saturated heterocycles. The van der Waals surface area contributed by atoms with Crippen molar-refractivity contribution in [2.24, 2.45) is 5.10 Å². The molecular formula is C16H16N4O4. The molecule has 0 radical (unpaired) electrons. The summed E-state index contributed by atoms with van der Waals surface area (Å²) >= 11 is 0. The number of nitro benzene ring substituents is 1. The summed E-state index contributed by atoms with van der Waals surface area (Å²) in [5.74, 6) is -0.338. The van der Waals surface area contributed by atoms with Gasteiger partial charge in [-0.3, -0.25) is 14.9 Å². The molecule has 2 heterocycles. The van der Waals surface area contributed by atoms with Crippen LogP contribution in [0.5, 0.6) is 0 Å². The third-order valence-corrected chi connectivity index (χ3v) is 3.78. The van der Waals surface area contributed by atoms with Gasteiger partial charge in [-0.05, 0) is 31.0 Å². The normalized spacial score (nSPS) is 14.2. The van der Waals surface area contributed by atoms with E-state index in [1.54, 1.807) is 12.1 Å². The molecule has 0 aliphatic carbocycles. The second-order valence-electron chi connectivity index (χ2n) is 5.37. The fraction of sp³-hybridized carbons (Fsp3) is 0.250. The van der Waals surface area contributed by atoms with Gasteiger partial charge in [0.05, 0.1) is 17.4 Å². The van der Waals surface area contributed by atoms with Gasteiger partial charge < -0.3 is 9.32 Å². The van der Waals surface area contributed by atoms with Crippen LogP contribution in [-0.2, 0) is 0 Å². The summed E-state index contributed by atoms with van der Waals surface area (Å²) < 4.78 is 4.97. The first-order valence-electron chi connectivity index (χ1n) is 7.55. The maximum Gasteiger partial charge on any atom is 0.307 e. The van der Waals surface area contributed by atoms with Gasteiger partial charge in [0.2, 0.25) is 0 Å². The predicted molar refractivity (Wildman–Crippen MR) is 88.3 cm³/mol. The first-order chi connectivity index (χ1) is 11.6. The Morgan fingerprint density at radius 3 is 2.79 bits per heavy atom. The van der Waals surface area contributed by atoms with Crippen LogP contribution in [0.25, 0.3) is 0 Å². The number of non-ortho nitro benzene ring substituents is 1. The second-order valence-corrected chi connectivity index (χ2v) is 5.37.